The summed E-state index contributed by atoms with van der Waals surface area (Å²) < 4.78 is 18.5. The molecular formula is C13H9FN2O. The van der Waals surface area contributed by atoms with Gasteiger partial charge in [0.15, 0.2) is 0 Å². The molecule has 0 amide bonds. The fourth-order valence-corrected chi connectivity index (χ4v) is 1.32. The van der Waals surface area contributed by atoms with Crippen LogP contribution >= 0.6 is 0 Å². The molecule has 1 aromatic carbocycles. The van der Waals surface area contributed by atoms with E-state index in [9.17, 15) is 4.39 Å². The first-order chi connectivity index (χ1) is 8.19. The Bertz CT molecular complexity index is 573. The van der Waals surface area contributed by atoms with Gasteiger partial charge in [0, 0.05) is 6.07 Å². The third-order valence-electron chi connectivity index (χ3n) is 2.23. The van der Waals surface area contributed by atoms with E-state index in [1.54, 1.807) is 18.2 Å². The van der Waals surface area contributed by atoms with E-state index in [2.05, 4.69) is 4.98 Å². The Kier molecular flexibility index (Phi) is 3.01. The minimum Gasteiger partial charge on any atom is -0.455 e. The first kappa shape index (κ1) is 11.1. The van der Waals surface area contributed by atoms with Crippen molar-refractivity contribution in [3.05, 3.63) is 53.6 Å². The average Bonchev–Trinajstić information content (AvgIpc) is 2.35. The summed E-state index contributed by atoms with van der Waals surface area (Å²) in [5, 5.41) is 8.60. The predicted octanol–water partition coefficient (Wildman–Crippen LogP) is 3.19. The van der Waals surface area contributed by atoms with Crippen molar-refractivity contribution < 1.29 is 9.13 Å². The summed E-state index contributed by atoms with van der Waals surface area (Å²) in [5.41, 5.74) is 1.14. The quantitative estimate of drug-likeness (QED) is 0.792. The van der Waals surface area contributed by atoms with E-state index in [4.69, 9.17) is 10.00 Å². The number of halogens is 1. The molecule has 0 N–H and O–H groups in total. The lowest BCUT2D eigenvalue weighted by atomic mass is 10.2. The Balaban J connectivity index is 2.25. The molecule has 1 heterocycles. The van der Waals surface area contributed by atoms with E-state index in [1.165, 1.54) is 18.3 Å². The van der Waals surface area contributed by atoms with Gasteiger partial charge in [0.1, 0.15) is 29.1 Å². The predicted molar refractivity (Wildman–Crippen MR) is 60.2 cm³/mol. The summed E-state index contributed by atoms with van der Waals surface area (Å²) in [6.45, 7) is 1.83. The highest BCUT2D eigenvalue weighted by atomic mass is 19.1. The topological polar surface area (TPSA) is 45.9 Å². The van der Waals surface area contributed by atoms with E-state index < -0.39 is 0 Å². The van der Waals surface area contributed by atoms with Crippen LogP contribution in [0.4, 0.5) is 4.39 Å². The summed E-state index contributed by atoms with van der Waals surface area (Å²) in [7, 11) is 0. The van der Waals surface area contributed by atoms with Gasteiger partial charge in [-0.25, -0.2) is 9.37 Å². The molecule has 2 rings (SSSR count). The van der Waals surface area contributed by atoms with Crippen molar-refractivity contribution in [3.63, 3.8) is 0 Å². The number of rotatable bonds is 2. The second-order valence-corrected chi connectivity index (χ2v) is 3.50. The van der Waals surface area contributed by atoms with Crippen LogP contribution in [0.25, 0.3) is 0 Å². The SMILES string of the molecule is Cc1ccc(F)cc1Oc1ccc(C#N)nc1. The lowest BCUT2D eigenvalue weighted by Gasteiger charge is -2.08. The van der Waals surface area contributed by atoms with Gasteiger partial charge in [-0.05, 0) is 30.7 Å². The highest BCUT2D eigenvalue weighted by molar-refractivity contribution is 5.37. The molecule has 0 aliphatic heterocycles. The molecule has 3 nitrogen and oxygen atoms in total. The van der Waals surface area contributed by atoms with Crippen LogP contribution in [0.5, 0.6) is 11.5 Å². The smallest absolute Gasteiger partial charge is 0.145 e. The van der Waals surface area contributed by atoms with E-state index in [-0.39, 0.29) is 5.82 Å². The highest BCUT2D eigenvalue weighted by Crippen LogP contribution is 2.25. The van der Waals surface area contributed by atoms with Crippen molar-refractivity contribution >= 4 is 0 Å². The molecule has 0 bridgehead atoms. The fourth-order valence-electron chi connectivity index (χ4n) is 1.32. The maximum atomic E-state index is 13.0. The molecule has 17 heavy (non-hydrogen) atoms. The summed E-state index contributed by atoms with van der Waals surface area (Å²) in [5.74, 6) is 0.557. The Morgan fingerprint density at radius 3 is 2.76 bits per heavy atom. The maximum absolute atomic E-state index is 13.0. The third kappa shape index (κ3) is 2.58. The van der Waals surface area contributed by atoms with Crippen LogP contribution in [-0.4, -0.2) is 4.98 Å². The summed E-state index contributed by atoms with van der Waals surface area (Å²) in [6, 6.07) is 9.41. The molecule has 0 unspecified atom stereocenters. The van der Waals surface area contributed by atoms with Crippen LogP contribution in [0.1, 0.15) is 11.3 Å². The lowest BCUT2D eigenvalue weighted by Crippen LogP contribution is -1.90. The van der Waals surface area contributed by atoms with E-state index >= 15 is 0 Å². The molecule has 0 saturated carbocycles. The van der Waals surface area contributed by atoms with Gasteiger partial charge in [-0.2, -0.15) is 5.26 Å². The summed E-state index contributed by atoms with van der Waals surface area (Å²) in [6.07, 6.45) is 1.43. The van der Waals surface area contributed by atoms with E-state index in [0.29, 0.717) is 17.2 Å². The van der Waals surface area contributed by atoms with Crippen LogP contribution in [0.3, 0.4) is 0 Å². The maximum Gasteiger partial charge on any atom is 0.145 e. The Morgan fingerprint density at radius 1 is 1.29 bits per heavy atom. The molecule has 0 spiro atoms. The Labute approximate surface area is 98.1 Å². The number of ether oxygens (including phenoxy) is 1. The van der Waals surface area contributed by atoms with Gasteiger partial charge < -0.3 is 4.74 Å². The Hall–Kier alpha value is -2.41. The number of pyridine rings is 1. The van der Waals surface area contributed by atoms with Crippen LogP contribution in [-0.2, 0) is 0 Å². The molecule has 0 aliphatic carbocycles. The van der Waals surface area contributed by atoms with Crippen molar-refractivity contribution in [2.75, 3.05) is 0 Å². The number of hydrogen-bond acceptors (Lipinski definition) is 3. The number of hydrogen-bond donors (Lipinski definition) is 0. The molecule has 84 valence electrons. The molecular weight excluding hydrogens is 219 g/mol. The van der Waals surface area contributed by atoms with Crippen molar-refractivity contribution in [1.82, 2.24) is 4.98 Å². The summed E-state index contributed by atoms with van der Waals surface area (Å²) >= 11 is 0. The standard InChI is InChI=1S/C13H9FN2O/c1-9-2-3-10(14)6-13(9)17-12-5-4-11(7-15)16-8-12/h2-6,8H,1H3. The Morgan fingerprint density at radius 2 is 2.12 bits per heavy atom. The fraction of sp³-hybridized carbons (Fsp3) is 0.0769. The average molecular weight is 228 g/mol. The van der Waals surface area contributed by atoms with Crippen LogP contribution in [0, 0.1) is 24.1 Å². The zero-order valence-electron chi connectivity index (χ0n) is 9.14. The van der Waals surface area contributed by atoms with Gasteiger partial charge in [-0.15, -0.1) is 0 Å². The van der Waals surface area contributed by atoms with Crippen LogP contribution in [0.15, 0.2) is 36.5 Å². The molecule has 0 radical (unpaired) electrons. The zero-order valence-corrected chi connectivity index (χ0v) is 9.14. The molecule has 0 saturated heterocycles. The minimum absolute atomic E-state index is 0.313. The molecule has 0 fully saturated rings. The molecule has 1 aromatic heterocycles. The van der Waals surface area contributed by atoms with E-state index in [0.717, 1.165) is 5.56 Å². The highest BCUT2D eigenvalue weighted by Gasteiger charge is 2.03. The lowest BCUT2D eigenvalue weighted by molar-refractivity contribution is 0.470. The van der Waals surface area contributed by atoms with Gasteiger partial charge in [0.25, 0.3) is 0 Å². The second kappa shape index (κ2) is 4.62. The van der Waals surface area contributed by atoms with Gasteiger partial charge in [-0.3, -0.25) is 0 Å². The van der Waals surface area contributed by atoms with Crippen molar-refractivity contribution in [2.45, 2.75) is 6.92 Å². The number of aryl methyl sites for hydroxylation is 1. The molecule has 4 heteroatoms. The molecule has 2 aromatic rings. The normalized spacial score (nSPS) is 9.71. The van der Waals surface area contributed by atoms with Crippen molar-refractivity contribution in [1.29, 1.82) is 5.26 Å². The summed E-state index contributed by atoms with van der Waals surface area (Å²) in [4.78, 5) is 3.87. The van der Waals surface area contributed by atoms with E-state index in [1.807, 2.05) is 13.0 Å². The largest absolute Gasteiger partial charge is 0.455 e. The first-order valence-corrected chi connectivity index (χ1v) is 4.99. The number of nitrogens with zero attached hydrogens (tertiary/aromatic N) is 2. The van der Waals surface area contributed by atoms with Gasteiger partial charge in [0.05, 0.1) is 6.20 Å². The number of aromatic nitrogens is 1. The van der Waals surface area contributed by atoms with Crippen molar-refractivity contribution in [3.8, 4) is 17.6 Å². The van der Waals surface area contributed by atoms with Gasteiger partial charge in [-0.1, -0.05) is 6.07 Å². The first-order valence-electron chi connectivity index (χ1n) is 4.99. The molecule has 0 atom stereocenters. The van der Waals surface area contributed by atoms with Crippen LogP contribution in [0.2, 0.25) is 0 Å². The third-order valence-corrected chi connectivity index (χ3v) is 2.23. The van der Waals surface area contributed by atoms with Crippen LogP contribution < -0.4 is 4.74 Å². The second-order valence-electron chi connectivity index (χ2n) is 3.50. The monoisotopic (exact) mass is 228 g/mol. The van der Waals surface area contributed by atoms with Gasteiger partial charge in [0.2, 0.25) is 0 Å². The minimum atomic E-state index is -0.354. The number of benzene rings is 1. The van der Waals surface area contributed by atoms with Gasteiger partial charge >= 0.3 is 0 Å². The number of nitriles is 1. The molecule has 0 aliphatic rings. The van der Waals surface area contributed by atoms with Crippen molar-refractivity contribution in [2.24, 2.45) is 0 Å². The zero-order chi connectivity index (χ0) is 12.3.